The quantitative estimate of drug-likeness (QED) is 0.535. The van der Waals surface area contributed by atoms with Crippen LogP contribution in [0.15, 0.2) is 12.2 Å². The van der Waals surface area contributed by atoms with Crippen LogP contribution >= 0.6 is 0 Å². The Labute approximate surface area is 73.2 Å². The summed E-state index contributed by atoms with van der Waals surface area (Å²) >= 11 is 0. The van der Waals surface area contributed by atoms with Crippen LogP contribution in [0.1, 0.15) is 32.1 Å². The SMILES string of the molecule is CN1C(=O)C=CC12CCCCC2. The number of nitrogens with zero attached hydrogens (tertiary/aromatic N) is 1. The molecular formula is C10H15NO. The molecular weight excluding hydrogens is 150 g/mol. The Morgan fingerprint density at radius 1 is 1.33 bits per heavy atom. The number of carbonyl (C=O) groups is 1. The van der Waals surface area contributed by atoms with Gasteiger partial charge < -0.3 is 4.90 Å². The maximum atomic E-state index is 11.3. The Bertz CT molecular complexity index is 226. The van der Waals surface area contributed by atoms with Gasteiger partial charge in [-0.15, -0.1) is 0 Å². The minimum Gasteiger partial charge on any atom is -0.333 e. The van der Waals surface area contributed by atoms with E-state index in [-0.39, 0.29) is 11.4 Å². The number of carbonyl (C=O) groups excluding carboxylic acids is 1. The van der Waals surface area contributed by atoms with Crippen LogP contribution in [0.4, 0.5) is 0 Å². The molecule has 1 amide bonds. The maximum Gasteiger partial charge on any atom is 0.246 e. The number of likely N-dealkylation sites (N-methyl/N-ethyl adjacent to an activating group) is 1. The Hall–Kier alpha value is -0.790. The maximum absolute atomic E-state index is 11.3. The molecule has 2 aliphatic rings. The molecule has 12 heavy (non-hydrogen) atoms. The predicted molar refractivity (Wildman–Crippen MR) is 47.7 cm³/mol. The number of rotatable bonds is 0. The minimum absolute atomic E-state index is 0.106. The summed E-state index contributed by atoms with van der Waals surface area (Å²) in [5.41, 5.74) is 0.106. The van der Waals surface area contributed by atoms with Crippen LogP contribution < -0.4 is 0 Å². The zero-order valence-corrected chi connectivity index (χ0v) is 7.55. The fourth-order valence-corrected chi connectivity index (χ4v) is 2.34. The van der Waals surface area contributed by atoms with E-state index in [0.29, 0.717) is 0 Å². The van der Waals surface area contributed by atoms with Crippen molar-refractivity contribution in [2.24, 2.45) is 0 Å². The second kappa shape index (κ2) is 2.61. The number of hydrogen-bond acceptors (Lipinski definition) is 1. The fourth-order valence-electron chi connectivity index (χ4n) is 2.34. The van der Waals surface area contributed by atoms with Gasteiger partial charge in [0.05, 0.1) is 5.54 Å². The second-order valence-corrected chi connectivity index (χ2v) is 3.89. The summed E-state index contributed by atoms with van der Waals surface area (Å²) in [6.45, 7) is 0. The molecule has 0 N–H and O–H groups in total. The molecule has 1 spiro atoms. The lowest BCUT2D eigenvalue weighted by atomic mass is 9.82. The van der Waals surface area contributed by atoms with Crippen molar-refractivity contribution in [1.29, 1.82) is 0 Å². The summed E-state index contributed by atoms with van der Waals surface area (Å²) in [5.74, 6) is 0.178. The van der Waals surface area contributed by atoms with Crippen molar-refractivity contribution in [3.63, 3.8) is 0 Å². The lowest BCUT2D eigenvalue weighted by molar-refractivity contribution is -0.127. The van der Waals surface area contributed by atoms with Gasteiger partial charge in [0.25, 0.3) is 0 Å². The van der Waals surface area contributed by atoms with Crippen molar-refractivity contribution >= 4 is 5.91 Å². The summed E-state index contributed by atoms with van der Waals surface area (Å²) in [4.78, 5) is 13.2. The van der Waals surface area contributed by atoms with E-state index in [0.717, 1.165) is 12.8 Å². The zero-order chi connectivity index (χ0) is 8.60. The lowest BCUT2D eigenvalue weighted by Crippen LogP contribution is -2.44. The summed E-state index contributed by atoms with van der Waals surface area (Å²) in [5, 5.41) is 0. The van der Waals surface area contributed by atoms with E-state index < -0.39 is 0 Å². The van der Waals surface area contributed by atoms with Gasteiger partial charge in [0.1, 0.15) is 0 Å². The molecule has 0 saturated heterocycles. The molecule has 2 heteroatoms. The van der Waals surface area contributed by atoms with Crippen molar-refractivity contribution in [1.82, 2.24) is 4.90 Å². The van der Waals surface area contributed by atoms with Gasteiger partial charge in [-0.1, -0.05) is 25.3 Å². The molecule has 1 aliphatic heterocycles. The highest BCUT2D eigenvalue weighted by Gasteiger charge is 2.39. The highest BCUT2D eigenvalue weighted by molar-refractivity contribution is 5.91. The predicted octanol–water partition coefficient (Wildman–Crippen LogP) is 1.72. The molecule has 1 aliphatic carbocycles. The van der Waals surface area contributed by atoms with E-state index in [4.69, 9.17) is 0 Å². The van der Waals surface area contributed by atoms with Gasteiger partial charge in [0.15, 0.2) is 0 Å². The number of amides is 1. The molecule has 0 aromatic heterocycles. The van der Waals surface area contributed by atoms with Crippen LogP contribution in [-0.2, 0) is 4.79 Å². The van der Waals surface area contributed by atoms with Gasteiger partial charge in [-0.05, 0) is 12.8 Å². The van der Waals surface area contributed by atoms with E-state index in [1.54, 1.807) is 6.08 Å². The number of hydrogen-bond donors (Lipinski definition) is 0. The molecule has 0 unspecified atom stereocenters. The van der Waals surface area contributed by atoms with E-state index in [2.05, 4.69) is 6.08 Å². The highest BCUT2D eigenvalue weighted by atomic mass is 16.2. The first-order chi connectivity index (χ1) is 5.75. The fraction of sp³-hybridized carbons (Fsp3) is 0.700. The molecule has 2 rings (SSSR count). The first-order valence-corrected chi connectivity index (χ1v) is 4.72. The van der Waals surface area contributed by atoms with Gasteiger partial charge in [-0.3, -0.25) is 4.79 Å². The summed E-state index contributed by atoms with van der Waals surface area (Å²) in [6.07, 6.45) is 10.0. The summed E-state index contributed by atoms with van der Waals surface area (Å²) < 4.78 is 0. The molecule has 0 bridgehead atoms. The van der Waals surface area contributed by atoms with Crippen LogP contribution in [0.5, 0.6) is 0 Å². The van der Waals surface area contributed by atoms with E-state index in [9.17, 15) is 4.79 Å². The summed E-state index contributed by atoms with van der Waals surface area (Å²) in [7, 11) is 1.92. The first kappa shape index (κ1) is 7.84. The Kier molecular flexibility index (Phi) is 1.71. The van der Waals surface area contributed by atoms with Crippen LogP contribution in [0.25, 0.3) is 0 Å². The minimum atomic E-state index is 0.106. The first-order valence-electron chi connectivity index (χ1n) is 4.72. The van der Waals surface area contributed by atoms with Crippen LogP contribution in [0.2, 0.25) is 0 Å². The molecule has 0 radical (unpaired) electrons. The largest absolute Gasteiger partial charge is 0.333 e. The smallest absolute Gasteiger partial charge is 0.246 e. The van der Waals surface area contributed by atoms with Crippen molar-refractivity contribution in [3.8, 4) is 0 Å². The molecule has 66 valence electrons. The Morgan fingerprint density at radius 2 is 2.00 bits per heavy atom. The van der Waals surface area contributed by atoms with Crippen molar-refractivity contribution in [3.05, 3.63) is 12.2 Å². The van der Waals surface area contributed by atoms with Gasteiger partial charge in [0, 0.05) is 13.1 Å². The highest BCUT2D eigenvalue weighted by Crippen LogP contribution is 2.36. The standard InChI is InChI=1S/C10H15NO/c1-11-9(12)5-8-10(11)6-3-2-4-7-10/h5,8H,2-4,6-7H2,1H3. The molecule has 0 atom stereocenters. The summed E-state index contributed by atoms with van der Waals surface area (Å²) in [6, 6.07) is 0. The van der Waals surface area contributed by atoms with Gasteiger partial charge in [0.2, 0.25) is 5.91 Å². The van der Waals surface area contributed by atoms with Crippen LogP contribution in [0.3, 0.4) is 0 Å². The second-order valence-electron chi connectivity index (χ2n) is 3.89. The van der Waals surface area contributed by atoms with Crippen molar-refractivity contribution in [2.45, 2.75) is 37.6 Å². The molecule has 1 fully saturated rings. The molecule has 1 saturated carbocycles. The Morgan fingerprint density at radius 3 is 2.50 bits per heavy atom. The molecule has 1 heterocycles. The van der Waals surface area contributed by atoms with Crippen molar-refractivity contribution < 1.29 is 4.79 Å². The molecule has 0 aromatic carbocycles. The average Bonchev–Trinajstić information content (AvgIpc) is 2.37. The topological polar surface area (TPSA) is 20.3 Å². The zero-order valence-electron chi connectivity index (χ0n) is 7.55. The third kappa shape index (κ3) is 0.977. The monoisotopic (exact) mass is 165 g/mol. The van der Waals surface area contributed by atoms with Crippen LogP contribution in [0, 0.1) is 0 Å². The van der Waals surface area contributed by atoms with Gasteiger partial charge >= 0.3 is 0 Å². The third-order valence-corrected chi connectivity index (χ3v) is 3.25. The van der Waals surface area contributed by atoms with Crippen LogP contribution in [-0.4, -0.2) is 23.4 Å². The normalized spacial score (nSPS) is 27.1. The van der Waals surface area contributed by atoms with Crippen molar-refractivity contribution in [2.75, 3.05) is 7.05 Å². The third-order valence-electron chi connectivity index (χ3n) is 3.25. The molecule has 2 nitrogen and oxygen atoms in total. The van der Waals surface area contributed by atoms with Gasteiger partial charge in [-0.2, -0.15) is 0 Å². The van der Waals surface area contributed by atoms with E-state index >= 15 is 0 Å². The Balaban J connectivity index is 2.20. The average molecular weight is 165 g/mol. The van der Waals surface area contributed by atoms with Gasteiger partial charge in [-0.25, -0.2) is 0 Å². The van der Waals surface area contributed by atoms with E-state index in [1.807, 2.05) is 11.9 Å². The molecule has 0 aromatic rings. The van der Waals surface area contributed by atoms with E-state index in [1.165, 1.54) is 19.3 Å². The lowest BCUT2D eigenvalue weighted by Gasteiger charge is -2.38.